The number of nitrogens with zero attached hydrogens (tertiary/aromatic N) is 3. The van der Waals surface area contributed by atoms with Gasteiger partial charge < -0.3 is 19.3 Å². The molecule has 1 aromatic heterocycles. The molecule has 8 nitrogen and oxygen atoms in total. The van der Waals surface area contributed by atoms with E-state index in [0.717, 1.165) is 22.6 Å². The molecule has 0 saturated carbocycles. The van der Waals surface area contributed by atoms with Crippen LogP contribution in [0.3, 0.4) is 0 Å². The molecule has 0 radical (unpaired) electrons. The molecule has 1 aliphatic rings. The molecule has 1 N–H and O–H groups in total. The second kappa shape index (κ2) is 9.17. The minimum Gasteiger partial charge on any atom is -0.493 e. The Morgan fingerprint density at radius 1 is 1.18 bits per heavy atom. The largest absolute Gasteiger partial charge is 0.493 e. The quantitative estimate of drug-likeness (QED) is 0.614. The number of aryl methyl sites for hydroxylation is 2. The second-order valence-electron chi connectivity index (χ2n) is 8.13. The zero-order valence-electron chi connectivity index (χ0n) is 20.0. The van der Waals surface area contributed by atoms with Crippen molar-refractivity contribution in [1.29, 1.82) is 0 Å². The van der Waals surface area contributed by atoms with Gasteiger partial charge in [-0.2, -0.15) is 5.10 Å². The number of rotatable bonds is 4. The van der Waals surface area contributed by atoms with Crippen molar-refractivity contribution in [1.82, 2.24) is 15.5 Å². The van der Waals surface area contributed by atoms with Crippen molar-refractivity contribution in [3.05, 3.63) is 64.3 Å². The highest BCUT2D eigenvalue weighted by Gasteiger charge is 2.31. The number of urea groups is 1. The summed E-state index contributed by atoms with van der Waals surface area (Å²) >= 11 is 0. The first kappa shape index (κ1) is 23.3. The number of carbonyl (C=O) groups is 1. The van der Waals surface area contributed by atoms with Gasteiger partial charge in [-0.15, -0.1) is 0 Å². The molecule has 0 saturated heterocycles. The average molecular weight is 467 g/mol. The number of amides is 2. The van der Waals surface area contributed by atoms with Gasteiger partial charge in [0, 0.05) is 29.3 Å². The van der Waals surface area contributed by atoms with Crippen LogP contribution < -0.4 is 14.8 Å². The van der Waals surface area contributed by atoms with E-state index in [2.05, 4.69) is 15.6 Å². The molecule has 0 fully saturated rings. The zero-order valence-corrected chi connectivity index (χ0v) is 20.0. The van der Waals surface area contributed by atoms with Crippen LogP contribution in [0.4, 0.5) is 9.18 Å². The fourth-order valence-corrected chi connectivity index (χ4v) is 4.31. The van der Waals surface area contributed by atoms with E-state index in [9.17, 15) is 4.79 Å². The summed E-state index contributed by atoms with van der Waals surface area (Å²) in [6.45, 7) is 5.57. The summed E-state index contributed by atoms with van der Waals surface area (Å²) in [6, 6.07) is 8.56. The first-order chi connectivity index (χ1) is 16.3. The number of hydrazone groups is 1. The molecular formula is C25H27FN4O4. The van der Waals surface area contributed by atoms with Crippen LogP contribution in [0.15, 0.2) is 40.0 Å². The van der Waals surface area contributed by atoms with Crippen LogP contribution in [0.25, 0.3) is 11.1 Å². The Labute approximate surface area is 197 Å². The third kappa shape index (κ3) is 3.87. The predicted octanol–water partition coefficient (Wildman–Crippen LogP) is 4.45. The topological polar surface area (TPSA) is 89.2 Å². The van der Waals surface area contributed by atoms with Crippen molar-refractivity contribution in [2.45, 2.75) is 33.2 Å². The number of benzene rings is 2. The van der Waals surface area contributed by atoms with E-state index in [1.54, 1.807) is 6.07 Å². The lowest BCUT2D eigenvalue weighted by Gasteiger charge is -2.22. The number of aromatic nitrogens is 1. The number of ether oxygens (including phenoxy) is 2. The normalized spacial score (nSPS) is 15.3. The minimum atomic E-state index is -0.525. The highest BCUT2D eigenvalue weighted by atomic mass is 19.1. The fraction of sp³-hybridized carbons (Fsp3) is 0.320. The van der Waals surface area contributed by atoms with E-state index in [0.29, 0.717) is 22.4 Å². The lowest BCUT2D eigenvalue weighted by Crippen LogP contribution is -2.41. The number of methoxy groups -OCH3 is 2. The Bertz CT molecular complexity index is 1250. The van der Waals surface area contributed by atoms with Crippen LogP contribution in [0.1, 0.15) is 35.1 Å². The molecular weight excluding hydrogens is 439 g/mol. The summed E-state index contributed by atoms with van der Waals surface area (Å²) in [4.78, 5) is 12.6. The smallest absolute Gasteiger partial charge is 0.337 e. The molecule has 2 aromatic carbocycles. The molecule has 1 unspecified atom stereocenters. The molecule has 34 heavy (non-hydrogen) atoms. The lowest BCUT2D eigenvalue weighted by atomic mass is 9.92. The van der Waals surface area contributed by atoms with Crippen LogP contribution >= 0.6 is 0 Å². The van der Waals surface area contributed by atoms with Gasteiger partial charge in [0.2, 0.25) is 0 Å². The van der Waals surface area contributed by atoms with Crippen molar-refractivity contribution in [3.8, 4) is 22.6 Å². The van der Waals surface area contributed by atoms with Gasteiger partial charge in [-0.3, -0.25) is 0 Å². The second-order valence-corrected chi connectivity index (χ2v) is 8.13. The molecule has 1 atom stereocenters. The van der Waals surface area contributed by atoms with Gasteiger partial charge in [0.1, 0.15) is 5.76 Å². The Morgan fingerprint density at radius 2 is 1.85 bits per heavy atom. The Kier molecular flexibility index (Phi) is 6.28. The third-order valence-corrected chi connectivity index (χ3v) is 5.99. The standard InChI is InChI=1S/C25H27FN4O4/c1-13-11-18-19(12-20(32-5)24(33-6)22(18)26)23(28-30(13)25(31)27-4)17-9-7-16(8-10-17)21-14(2)29-34-15(21)3/h7-10,12-13H,11H2,1-6H3,(H,27,31). The molecule has 2 heterocycles. The zero-order chi connectivity index (χ0) is 24.6. The molecule has 3 aromatic rings. The Morgan fingerprint density at radius 3 is 2.41 bits per heavy atom. The van der Waals surface area contributed by atoms with Gasteiger partial charge in [0.25, 0.3) is 0 Å². The van der Waals surface area contributed by atoms with Crippen molar-refractivity contribution >= 4 is 11.7 Å². The van der Waals surface area contributed by atoms with Gasteiger partial charge >= 0.3 is 6.03 Å². The maximum atomic E-state index is 15.6. The highest BCUT2D eigenvalue weighted by Crippen LogP contribution is 2.38. The first-order valence-electron chi connectivity index (χ1n) is 10.9. The van der Waals surface area contributed by atoms with Crippen LogP contribution in [0, 0.1) is 19.7 Å². The van der Waals surface area contributed by atoms with Crippen molar-refractivity contribution in [2.75, 3.05) is 21.3 Å². The first-order valence-corrected chi connectivity index (χ1v) is 10.9. The van der Waals surface area contributed by atoms with Crippen molar-refractivity contribution < 1.29 is 23.2 Å². The number of hydrogen-bond acceptors (Lipinski definition) is 6. The average Bonchev–Trinajstić information content (AvgIpc) is 3.09. The van der Waals surface area contributed by atoms with Crippen molar-refractivity contribution in [3.63, 3.8) is 0 Å². The summed E-state index contributed by atoms with van der Waals surface area (Å²) in [6.07, 6.45) is 0.249. The van der Waals surface area contributed by atoms with Crippen LogP contribution in [-0.4, -0.2) is 49.2 Å². The fourth-order valence-electron chi connectivity index (χ4n) is 4.31. The van der Waals surface area contributed by atoms with Crippen LogP contribution in [0.5, 0.6) is 11.5 Å². The highest BCUT2D eigenvalue weighted by molar-refractivity contribution is 6.14. The molecule has 9 heteroatoms. The maximum absolute atomic E-state index is 15.6. The minimum absolute atomic E-state index is 0.0231. The third-order valence-electron chi connectivity index (χ3n) is 5.99. The maximum Gasteiger partial charge on any atom is 0.337 e. The van der Waals surface area contributed by atoms with Gasteiger partial charge in [-0.1, -0.05) is 29.4 Å². The van der Waals surface area contributed by atoms with Crippen LogP contribution in [-0.2, 0) is 6.42 Å². The van der Waals surface area contributed by atoms with E-state index in [-0.39, 0.29) is 24.0 Å². The summed E-state index contributed by atoms with van der Waals surface area (Å²) in [5.41, 5.74) is 4.77. The Hall–Kier alpha value is -3.88. The summed E-state index contributed by atoms with van der Waals surface area (Å²) < 4.78 is 31.6. The molecule has 0 spiro atoms. The molecule has 4 rings (SSSR count). The van der Waals surface area contributed by atoms with E-state index >= 15 is 4.39 Å². The molecule has 0 aliphatic carbocycles. The monoisotopic (exact) mass is 466 g/mol. The Balaban J connectivity index is 1.91. The van der Waals surface area contributed by atoms with Gasteiger partial charge in [-0.25, -0.2) is 14.2 Å². The van der Waals surface area contributed by atoms with Crippen LogP contribution in [0.2, 0.25) is 0 Å². The van der Waals surface area contributed by atoms with Gasteiger partial charge in [0.05, 0.1) is 31.7 Å². The number of carbonyl (C=O) groups excluding carboxylic acids is 1. The van der Waals surface area contributed by atoms with E-state index in [1.165, 1.54) is 26.3 Å². The van der Waals surface area contributed by atoms with E-state index in [1.807, 2.05) is 45.0 Å². The predicted molar refractivity (Wildman–Crippen MR) is 126 cm³/mol. The summed E-state index contributed by atoms with van der Waals surface area (Å²) in [7, 11) is 4.38. The lowest BCUT2D eigenvalue weighted by molar-refractivity contribution is 0.184. The number of nitrogens with one attached hydrogen (secondary N) is 1. The number of fused-ring (bicyclic) bond motifs is 1. The van der Waals surface area contributed by atoms with Gasteiger partial charge in [0.15, 0.2) is 17.3 Å². The molecule has 178 valence electrons. The summed E-state index contributed by atoms with van der Waals surface area (Å²) in [5.74, 6) is 0.471. The molecule has 0 bridgehead atoms. The van der Waals surface area contributed by atoms with Gasteiger partial charge in [-0.05, 0) is 38.8 Å². The molecule has 1 aliphatic heterocycles. The SMILES string of the molecule is CNC(=O)N1N=C(c2ccc(-c3c(C)noc3C)cc2)c2cc(OC)c(OC)c(F)c2CC1C. The van der Waals surface area contributed by atoms with E-state index < -0.39 is 11.9 Å². The summed E-state index contributed by atoms with van der Waals surface area (Å²) in [5, 5.41) is 12.7. The van der Waals surface area contributed by atoms with E-state index in [4.69, 9.17) is 14.0 Å². The van der Waals surface area contributed by atoms with Crippen molar-refractivity contribution in [2.24, 2.45) is 5.10 Å². The number of hydrogen-bond donors (Lipinski definition) is 1. The molecule has 2 amide bonds. The number of halogens is 1.